The van der Waals surface area contributed by atoms with Gasteiger partial charge in [0, 0.05) is 56.4 Å². The van der Waals surface area contributed by atoms with Crippen LogP contribution in [0.3, 0.4) is 0 Å². The first-order chi connectivity index (χ1) is 13.4. The predicted octanol–water partition coefficient (Wildman–Crippen LogP) is 2.08. The summed E-state index contributed by atoms with van der Waals surface area (Å²) in [4.78, 5) is 14.7. The zero-order chi connectivity index (χ0) is 19.7. The number of likely N-dealkylation sites (tertiary alicyclic amines) is 1. The molecule has 2 aromatic rings. The standard InChI is InChI=1S/C19H22F3N5O/c20-19(21,22)13-3-1-12(2-4-13)10-27-8-6-14(11-27)24-18(28)17-15-9-23-7-5-16(15)25-26-17/h1-4,14,23H,5-11H2,(H,24,28)(H,25,26). The number of H-pyrrole nitrogens is 1. The van der Waals surface area contributed by atoms with Gasteiger partial charge < -0.3 is 10.6 Å². The molecular formula is C19H22F3N5O. The van der Waals surface area contributed by atoms with Crippen LogP contribution in [-0.4, -0.2) is 46.7 Å². The first-order valence-corrected chi connectivity index (χ1v) is 9.36. The molecule has 3 N–H and O–H groups in total. The summed E-state index contributed by atoms with van der Waals surface area (Å²) >= 11 is 0. The Morgan fingerprint density at radius 2 is 2.07 bits per heavy atom. The lowest BCUT2D eigenvalue weighted by atomic mass is 10.1. The number of nitrogens with one attached hydrogen (secondary N) is 3. The van der Waals surface area contributed by atoms with Gasteiger partial charge in [0.05, 0.1) is 5.56 Å². The normalized spacial score (nSPS) is 20.2. The number of nitrogens with zero attached hydrogens (tertiary/aromatic N) is 2. The van der Waals surface area contributed by atoms with Crippen LogP contribution in [0.2, 0.25) is 0 Å². The van der Waals surface area contributed by atoms with Crippen molar-refractivity contribution in [2.45, 2.75) is 38.1 Å². The van der Waals surface area contributed by atoms with E-state index in [4.69, 9.17) is 0 Å². The number of halogens is 3. The number of hydrogen-bond donors (Lipinski definition) is 3. The first kappa shape index (κ1) is 18.9. The quantitative estimate of drug-likeness (QED) is 0.744. The van der Waals surface area contributed by atoms with Crippen LogP contribution < -0.4 is 10.6 Å². The van der Waals surface area contributed by atoms with Crippen LogP contribution in [0.25, 0.3) is 0 Å². The molecule has 1 aromatic carbocycles. The Hall–Kier alpha value is -2.39. The van der Waals surface area contributed by atoms with Crippen LogP contribution in [0.4, 0.5) is 13.2 Å². The number of carbonyl (C=O) groups is 1. The monoisotopic (exact) mass is 393 g/mol. The van der Waals surface area contributed by atoms with Gasteiger partial charge in [-0.1, -0.05) is 12.1 Å². The predicted molar refractivity (Wildman–Crippen MR) is 96.6 cm³/mol. The fourth-order valence-corrected chi connectivity index (χ4v) is 3.82. The maximum atomic E-state index is 12.7. The number of aromatic amines is 1. The van der Waals surface area contributed by atoms with Gasteiger partial charge in [-0.25, -0.2) is 0 Å². The van der Waals surface area contributed by atoms with E-state index < -0.39 is 11.7 Å². The second kappa shape index (κ2) is 7.56. The second-order valence-electron chi connectivity index (χ2n) is 7.34. The molecular weight excluding hydrogens is 371 g/mol. The van der Waals surface area contributed by atoms with Crippen molar-refractivity contribution in [2.24, 2.45) is 0 Å². The second-order valence-corrected chi connectivity index (χ2v) is 7.34. The van der Waals surface area contributed by atoms with Gasteiger partial charge in [-0.2, -0.15) is 18.3 Å². The van der Waals surface area contributed by atoms with Crippen LogP contribution in [0, 0.1) is 0 Å². The molecule has 0 bridgehead atoms. The van der Waals surface area contributed by atoms with Crippen LogP contribution in [0.5, 0.6) is 0 Å². The van der Waals surface area contributed by atoms with E-state index in [0.717, 1.165) is 54.9 Å². The van der Waals surface area contributed by atoms with E-state index in [1.807, 2.05) is 0 Å². The molecule has 1 amide bonds. The van der Waals surface area contributed by atoms with Crippen LogP contribution >= 0.6 is 0 Å². The van der Waals surface area contributed by atoms with E-state index in [2.05, 4.69) is 25.7 Å². The van der Waals surface area contributed by atoms with Gasteiger partial charge >= 0.3 is 6.18 Å². The molecule has 9 heteroatoms. The summed E-state index contributed by atoms with van der Waals surface area (Å²) in [5, 5.41) is 13.4. The Kier molecular flexibility index (Phi) is 5.11. The topological polar surface area (TPSA) is 73.0 Å². The fraction of sp³-hybridized carbons (Fsp3) is 0.474. The van der Waals surface area contributed by atoms with E-state index in [1.165, 1.54) is 12.1 Å². The minimum atomic E-state index is -4.32. The lowest BCUT2D eigenvalue weighted by molar-refractivity contribution is -0.137. The lowest BCUT2D eigenvalue weighted by Gasteiger charge is -2.17. The Balaban J connectivity index is 1.32. The van der Waals surface area contributed by atoms with E-state index in [0.29, 0.717) is 25.3 Å². The van der Waals surface area contributed by atoms with E-state index in [1.54, 1.807) is 0 Å². The van der Waals surface area contributed by atoms with E-state index in [-0.39, 0.29) is 11.9 Å². The summed E-state index contributed by atoms with van der Waals surface area (Å²) in [6.07, 6.45) is -2.68. The molecule has 0 aliphatic carbocycles. The van der Waals surface area contributed by atoms with Crippen molar-refractivity contribution in [1.29, 1.82) is 0 Å². The first-order valence-electron chi connectivity index (χ1n) is 9.36. The smallest absolute Gasteiger partial charge is 0.347 e. The highest BCUT2D eigenvalue weighted by molar-refractivity contribution is 5.94. The van der Waals surface area contributed by atoms with Gasteiger partial charge in [0.15, 0.2) is 5.69 Å². The Bertz CT molecular complexity index is 846. The number of amides is 1. The molecule has 1 aromatic heterocycles. The number of carbonyl (C=O) groups excluding carboxylic acids is 1. The third kappa shape index (κ3) is 4.05. The molecule has 0 spiro atoms. The van der Waals surface area contributed by atoms with Crippen LogP contribution in [0.1, 0.15) is 39.3 Å². The highest BCUT2D eigenvalue weighted by Gasteiger charge is 2.30. The average Bonchev–Trinajstić information content (AvgIpc) is 3.28. The molecule has 1 fully saturated rings. The molecule has 1 atom stereocenters. The van der Waals surface area contributed by atoms with Crippen molar-refractivity contribution >= 4 is 5.91 Å². The number of fused-ring (bicyclic) bond motifs is 1. The summed E-state index contributed by atoms with van der Waals surface area (Å²) in [6, 6.07) is 5.25. The molecule has 1 saturated heterocycles. The summed E-state index contributed by atoms with van der Waals surface area (Å²) in [5.41, 5.74) is 2.58. The van der Waals surface area contributed by atoms with Gasteiger partial charge in [-0.15, -0.1) is 0 Å². The Labute approximate surface area is 160 Å². The summed E-state index contributed by atoms with van der Waals surface area (Å²) in [5.74, 6) is -0.178. The number of hydrogen-bond acceptors (Lipinski definition) is 4. The zero-order valence-electron chi connectivity index (χ0n) is 15.3. The zero-order valence-corrected chi connectivity index (χ0v) is 15.3. The molecule has 0 saturated carbocycles. The third-order valence-corrected chi connectivity index (χ3v) is 5.32. The third-order valence-electron chi connectivity index (χ3n) is 5.32. The SMILES string of the molecule is O=C(NC1CCN(Cc2ccc(C(F)(F)F)cc2)C1)c1n[nH]c2c1CNCC2. The minimum absolute atomic E-state index is 0.00541. The van der Waals surface area contributed by atoms with Gasteiger partial charge in [-0.05, 0) is 24.1 Å². The molecule has 3 heterocycles. The van der Waals surface area contributed by atoms with Crippen molar-refractivity contribution < 1.29 is 18.0 Å². The van der Waals surface area contributed by atoms with Gasteiger partial charge in [0.1, 0.15) is 0 Å². The molecule has 0 radical (unpaired) electrons. The number of aromatic nitrogens is 2. The number of benzene rings is 1. The van der Waals surface area contributed by atoms with Gasteiger partial charge in [0.25, 0.3) is 5.91 Å². The Morgan fingerprint density at radius 3 is 2.82 bits per heavy atom. The van der Waals surface area contributed by atoms with Crippen molar-refractivity contribution in [3.8, 4) is 0 Å². The highest BCUT2D eigenvalue weighted by atomic mass is 19.4. The van der Waals surface area contributed by atoms with Gasteiger partial charge in [0.2, 0.25) is 0 Å². The maximum absolute atomic E-state index is 12.7. The average molecular weight is 393 g/mol. The van der Waals surface area contributed by atoms with Crippen molar-refractivity contribution in [3.05, 3.63) is 52.3 Å². The fourth-order valence-electron chi connectivity index (χ4n) is 3.82. The number of alkyl halides is 3. The number of rotatable bonds is 4. The van der Waals surface area contributed by atoms with E-state index in [9.17, 15) is 18.0 Å². The lowest BCUT2D eigenvalue weighted by Crippen LogP contribution is -2.38. The maximum Gasteiger partial charge on any atom is 0.416 e. The van der Waals surface area contributed by atoms with Crippen molar-refractivity contribution in [3.63, 3.8) is 0 Å². The largest absolute Gasteiger partial charge is 0.416 e. The summed E-state index contributed by atoms with van der Waals surface area (Å²) in [6.45, 7) is 3.52. The Morgan fingerprint density at radius 1 is 1.29 bits per heavy atom. The molecule has 2 aliphatic rings. The molecule has 28 heavy (non-hydrogen) atoms. The molecule has 2 aliphatic heterocycles. The highest BCUT2D eigenvalue weighted by Crippen LogP contribution is 2.29. The van der Waals surface area contributed by atoms with Gasteiger partial charge in [-0.3, -0.25) is 14.8 Å². The molecule has 6 nitrogen and oxygen atoms in total. The summed E-state index contributed by atoms with van der Waals surface area (Å²) in [7, 11) is 0. The van der Waals surface area contributed by atoms with Crippen molar-refractivity contribution in [2.75, 3.05) is 19.6 Å². The van der Waals surface area contributed by atoms with Crippen molar-refractivity contribution in [1.82, 2.24) is 25.7 Å². The molecule has 150 valence electrons. The summed E-state index contributed by atoms with van der Waals surface area (Å²) < 4.78 is 38.0. The molecule has 4 rings (SSSR count). The molecule has 1 unspecified atom stereocenters. The van der Waals surface area contributed by atoms with E-state index >= 15 is 0 Å². The van der Waals surface area contributed by atoms with Crippen LogP contribution in [-0.2, 0) is 25.7 Å². The van der Waals surface area contributed by atoms with Crippen LogP contribution in [0.15, 0.2) is 24.3 Å². The minimum Gasteiger partial charge on any atom is -0.347 e.